The molecule has 0 unspecified atom stereocenters. The molecule has 0 bridgehead atoms. The highest BCUT2D eigenvalue weighted by Crippen LogP contribution is 2.38. The first-order valence-corrected chi connectivity index (χ1v) is 8.50. The fourth-order valence-electron chi connectivity index (χ4n) is 3.17. The van der Waals surface area contributed by atoms with Crippen molar-refractivity contribution in [1.82, 2.24) is 24.7 Å². The molecule has 2 aromatic heterocycles. The number of carbonyl (C=O) groups is 1. The maximum atomic E-state index is 12.0. The summed E-state index contributed by atoms with van der Waals surface area (Å²) in [4.78, 5) is 16.1. The highest BCUT2D eigenvalue weighted by Gasteiger charge is 2.29. The van der Waals surface area contributed by atoms with E-state index in [1.807, 2.05) is 21.5 Å². The number of fused-ring (bicyclic) bond motifs is 1. The van der Waals surface area contributed by atoms with Crippen LogP contribution in [0.1, 0.15) is 31.0 Å². The Morgan fingerprint density at radius 3 is 2.88 bits per heavy atom. The Hall–Kier alpha value is -2.22. The van der Waals surface area contributed by atoms with Gasteiger partial charge in [-0.05, 0) is 31.4 Å². The number of hydrogen-bond donors (Lipinski definition) is 0. The minimum Gasteiger partial charge on any atom is -0.375 e. The Morgan fingerprint density at radius 2 is 2.08 bits per heavy atom. The minimum absolute atomic E-state index is 0.0533. The van der Waals surface area contributed by atoms with Gasteiger partial charge >= 0.3 is 0 Å². The zero-order valence-electron chi connectivity index (χ0n) is 13.9. The molecule has 128 valence electrons. The van der Waals surface area contributed by atoms with Crippen molar-refractivity contribution in [2.24, 2.45) is 0 Å². The van der Waals surface area contributed by atoms with Crippen LogP contribution in [0.3, 0.4) is 0 Å². The lowest BCUT2D eigenvalue weighted by molar-refractivity contribution is -0.134. The van der Waals surface area contributed by atoms with Crippen LogP contribution in [0.5, 0.6) is 0 Å². The summed E-state index contributed by atoms with van der Waals surface area (Å²) in [5.41, 5.74) is 0.798. The first kappa shape index (κ1) is 15.3. The summed E-state index contributed by atoms with van der Waals surface area (Å²) < 4.78 is 6.84. The van der Waals surface area contributed by atoms with E-state index >= 15 is 0 Å². The standard InChI is InChI=1S/C16H22N6O2/c1-24-11-15(23)21-8-2-7-20(9-10-21)14-6-5-13-17-18-16(12-3-4-12)22(13)19-14/h5-6,12H,2-4,7-11H2,1H3. The largest absolute Gasteiger partial charge is 0.375 e. The molecule has 0 spiro atoms. The van der Waals surface area contributed by atoms with E-state index in [0.29, 0.717) is 12.5 Å². The summed E-state index contributed by atoms with van der Waals surface area (Å²) in [5, 5.41) is 13.2. The summed E-state index contributed by atoms with van der Waals surface area (Å²) in [5.74, 6) is 2.45. The molecule has 1 aliphatic heterocycles. The molecule has 2 aromatic rings. The topological polar surface area (TPSA) is 75.9 Å². The second kappa shape index (κ2) is 6.35. The van der Waals surface area contributed by atoms with Crippen molar-refractivity contribution in [3.63, 3.8) is 0 Å². The maximum absolute atomic E-state index is 12.0. The molecule has 0 atom stereocenters. The SMILES string of the molecule is COCC(=O)N1CCCN(c2ccc3nnc(C4CC4)n3n2)CC1. The minimum atomic E-state index is 0.0533. The summed E-state index contributed by atoms with van der Waals surface area (Å²) in [6.07, 6.45) is 3.27. The van der Waals surface area contributed by atoms with Gasteiger partial charge in [0.2, 0.25) is 5.91 Å². The third-order valence-corrected chi connectivity index (χ3v) is 4.66. The fourth-order valence-corrected chi connectivity index (χ4v) is 3.17. The molecule has 24 heavy (non-hydrogen) atoms. The van der Waals surface area contributed by atoms with Crippen LogP contribution in [-0.4, -0.2) is 70.5 Å². The molecule has 0 aromatic carbocycles. The van der Waals surface area contributed by atoms with E-state index in [4.69, 9.17) is 9.84 Å². The second-order valence-electron chi connectivity index (χ2n) is 6.45. The van der Waals surface area contributed by atoms with Crippen LogP contribution < -0.4 is 4.90 Å². The van der Waals surface area contributed by atoms with Crippen molar-refractivity contribution in [2.45, 2.75) is 25.2 Å². The number of methoxy groups -OCH3 is 1. The van der Waals surface area contributed by atoms with Crippen LogP contribution in [-0.2, 0) is 9.53 Å². The molecule has 8 heteroatoms. The predicted octanol–water partition coefficient (Wildman–Crippen LogP) is 0.687. The average Bonchev–Trinajstić information content (AvgIpc) is 3.38. The predicted molar refractivity (Wildman–Crippen MR) is 88.0 cm³/mol. The molecule has 1 amide bonds. The number of ether oxygens (including phenoxy) is 1. The molecule has 4 rings (SSSR count). The molecule has 0 N–H and O–H groups in total. The number of rotatable bonds is 4. The van der Waals surface area contributed by atoms with Crippen LogP contribution in [0.4, 0.5) is 5.82 Å². The summed E-state index contributed by atoms with van der Waals surface area (Å²) in [7, 11) is 1.55. The van der Waals surface area contributed by atoms with Gasteiger partial charge in [0, 0.05) is 39.2 Å². The van der Waals surface area contributed by atoms with Crippen molar-refractivity contribution >= 4 is 17.4 Å². The number of amides is 1. The Balaban J connectivity index is 1.52. The molecule has 8 nitrogen and oxygen atoms in total. The Labute approximate surface area is 140 Å². The molecule has 2 aliphatic rings. The normalized spacial score (nSPS) is 18.9. The monoisotopic (exact) mass is 330 g/mol. The second-order valence-corrected chi connectivity index (χ2v) is 6.45. The van der Waals surface area contributed by atoms with Crippen LogP contribution in [0.25, 0.3) is 5.65 Å². The van der Waals surface area contributed by atoms with Gasteiger partial charge in [-0.2, -0.15) is 4.52 Å². The Kier molecular flexibility index (Phi) is 4.05. The molecular weight excluding hydrogens is 308 g/mol. The number of carbonyl (C=O) groups excluding carboxylic acids is 1. The third kappa shape index (κ3) is 2.93. The van der Waals surface area contributed by atoms with Crippen molar-refractivity contribution in [3.8, 4) is 0 Å². The van der Waals surface area contributed by atoms with E-state index in [0.717, 1.165) is 43.3 Å². The van der Waals surface area contributed by atoms with Crippen molar-refractivity contribution in [2.75, 3.05) is 44.8 Å². The number of aromatic nitrogens is 4. The summed E-state index contributed by atoms with van der Waals surface area (Å²) in [6.45, 7) is 3.27. The molecule has 3 heterocycles. The van der Waals surface area contributed by atoms with Gasteiger partial charge in [0.1, 0.15) is 12.4 Å². The van der Waals surface area contributed by atoms with Gasteiger partial charge < -0.3 is 14.5 Å². The van der Waals surface area contributed by atoms with Crippen LogP contribution in [0.15, 0.2) is 12.1 Å². The Bertz CT molecular complexity index is 741. The highest BCUT2D eigenvalue weighted by atomic mass is 16.5. The Morgan fingerprint density at radius 1 is 1.21 bits per heavy atom. The molecule has 1 saturated heterocycles. The van der Waals surface area contributed by atoms with Crippen LogP contribution in [0.2, 0.25) is 0 Å². The van der Waals surface area contributed by atoms with E-state index in [9.17, 15) is 4.79 Å². The lowest BCUT2D eigenvalue weighted by Crippen LogP contribution is -2.37. The molecule has 1 saturated carbocycles. The highest BCUT2D eigenvalue weighted by molar-refractivity contribution is 5.77. The van der Waals surface area contributed by atoms with E-state index in [1.165, 1.54) is 12.8 Å². The number of nitrogens with zero attached hydrogens (tertiary/aromatic N) is 6. The number of hydrogen-bond acceptors (Lipinski definition) is 6. The van der Waals surface area contributed by atoms with Crippen LogP contribution >= 0.6 is 0 Å². The van der Waals surface area contributed by atoms with Crippen molar-refractivity contribution < 1.29 is 9.53 Å². The zero-order chi connectivity index (χ0) is 16.5. The van der Waals surface area contributed by atoms with Crippen LogP contribution in [0, 0.1) is 0 Å². The lowest BCUT2D eigenvalue weighted by atomic mass is 10.3. The van der Waals surface area contributed by atoms with Crippen molar-refractivity contribution in [1.29, 1.82) is 0 Å². The van der Waals surface area contributed by atoms with Gasteiger partial charge in [-0.1, -0.05) is 0 Å². The molecule has 2 fully saturated rings. The summed E-state index contributed by atoms with van der Waals surface area (Å²) >= 11 is 0. The summed E-state index contributed by atoms with van der Waals surface area (Å²) in [6, 6.07) is 3.97. The fraction of sp³-hybridized carbons (Fsp3) is 0.625. The molecule has 0 radical (unpaired) electrons. The van der Waals surface area contributed by atoms with E-state index in [-0.39, 0.29) is 12.5 Å². The quantitative estimate of drug-likeness (QED) is 0.821. The van der Waals surface area contributed by atoms with Gasteiger partial charge in [-0.15, -0.1) is 15.3 Å². The van der Waals surface area contributed by atoms with Gasteiger partial charge in [-0.25, -0.2) is 0 Å². The van der Waals surface area contributed by atoms with Gasteiger partial charge in [0.05, 0.1) is 0 Å². The average molecular weight is 330 g/mol. The first-order chi connectivity index (χ1) is 11.8. The first-order valence-electron chi connectivity index (χ1n) is 8.50. The maximum Gasteiger partial charge on any atom is 0.248 e. The van der Waals surface area contributed by atoms with Crippen molar-refractivity contribution in [3.05, 3.63) is 18.0 Å². The van der Waals surface area contributed by atoms with E-state index in [1.54, 1.807) is 7.11 Å². The lowest BCUT2D eigenvalue weighted by Gasteiger charge is -2.22. The molecular formula is C16H22N6O2. The molecule has 1 aliphatic carbocycles. The third-order valence-electron chi connectivity index (χ3n) is 4.66. The van der Waals surface area contributed by atoms with Gasteiger partial charge in [-0.3, -0.25) is 4.79 Å². The van der Waals surface area contributed by atoms with Gasteiger partial charge in [0.15, 0.2) is 11.5 Å². The zero-order valence-corrected chi connectivity index (χ0v) is 13.9. The van der Waals surface area contributed by atoms with E-state index in [2.05, 4.69) is 15.1 Å². The number of anilines is 1. The van der Waals surface area contributed by atoms with Gasteiger partial charge in [0.25, 0.3) is 0 Å². The van der Waals surface area contributed by atoms with E-state index < -0.39 is 0 Å². The smallest absolute Gasteiger partial charge is 0.248 e.